The number of halogens is 1. The molecular formula is C27H24ClNO3. The molecule has 4 rings (SSSR count). The van der Waals surface area contributed by atoms with E-state index in [1.165, 1.54) is 0 Å². The van der Waals surface area contributed by atoms with Crippen molar-refractivity contribution >= 4 is 28.3 Å². The number of amides is 1. The average Bonchev–Trinajstić information content (AvgIpc) is 2.82. The molecule has 1 amide bonds. The first kappa shape index (κ1) is 21.7. The Morgan fingerprint density at radius 2 is 1.69 bits per heavy atom. The van der Waals surface area contributed by atoms with Gasteiger partial charge < -0.3 is 14.8 Å². The van der Waals surface area contributed by atoms with Gasteiger partial charge in [-0.3, -0.25) is 4.79 Å². The van der Waals surface area contributed by atoms with Crippen LogP contribution in [0.4, 0.5) is 0 Å². The lowest BCUT2D eigenvalue weighted by Gasteiger charge is -2.16. The van der Waals surface area contributed by atoms with Crippen molar-refractivity contribution in [2.45, 2.75) is 19.6 Å². The van der Waals surface area contributed by atoms with Crippen molar-refractivity contribution in [3.05, 3.63) is 107 Å². The molecule has 4 nitrogen and oxygen atoms in total. The molecule has 32 heavy (non-hydrogen) atoms. The number of rotatable bonds is 7. The van der Waals surface area contributed by atoms with Crippen LogP contribution in [-0.2, 0) is 6.61 Å². The van der Waals surface area contributed by atoms with Crippen LogP contribution in [0.5, 0.6) is 11.5 Å². The number of benzene rings is 4. The van der Waals surface area contributed by atoms with Gasteiger partial charge in [0.2, 0.25) is 0 Å². The van der Waals surface area contributed by atoms with Crippen molar-refractivity contribution in [1.82, 2.24) is 5.32 Å². The van der Waals surface area contributed by atoms with Crippen LogP contribution < -0.4 is 14.8 Å². The molecule has 0 saturated heterocycles. The third kappa shape index (κ3) is 4.87. The van der Waals surface area contributed by atoms with Crippen LogP contribution in [0.1, 0.15) is 34.5 Å². The number of hydrogen-bond donors (Lipinski definition) is 1. The van der Waals surface area contributed by atoms with E-state index >= 15 is 0 Å². The van der Waals surface area contributed by atoms with E-state index in [1.54, 1.807) is 19.2 Å². The van der Waals surface area contributed by atoms with Gasteiger partial charge in [0, 0.05) is 21.5 Å². The van der Waals surface area contributed by atoms with Gasteiger partial charge in [0.05, 0.1) is 13.2 Å². The average molecular weight is 446 g/mol. The maximum absolute atomic E-state index is 12.9. The van der Waals surface area contributed by atoms with Gasteiger partial charge >= 0.3 is 0 Å². The van der Waals surface area contributed by atoms with E-state index in [1.807, 2.05) is 67.6 Å². The van der Waals surface area contributed by atoms with Crippen LogP contribution in [-0.4, -0.2) is 13.0 Å². The zero-order chi connectivity index (χ0) is 22.5. The molecule has 0 fully saturated rings. The first-order valence-corrected chi connectivity index (χ1v) is 10.8. The Morgan fingerprint density at radius 1 is 0.938 bits per heavy atom. The van der Waals surface area contributed by atoms with Crippen molar-refractivity contribution in [2.75, 3.05) is 7.11 Å². The fraction of sp³-hybridized carbons (Fsp3) is 0.148. The first-order valence-electron chi connectivity index (χ1n) is 10.4. The minimum absolute atomic E-state index is 0.155. The maximum atomic E-state index is 12.9. The van der Waals surface area contributed by atoms with Gasteiger partial charge in [-0.1, -0.05) is 60.1 Å². The predicted molar refractivity (Wildman–Crippen MR) is 129 cm³/mol. The molecule has 4 aromatic carbocycles. The van der Waals surface area contributed by atoms with E-state index in [2.05, 4.69) is 17.4 Å². The van der Waals surface area contributed by atoms with E-state index < -0.39 is 0 Å². The third-order valence-corrected chi connectivity index (χ3v) is 5.64. The molecule has 0 radical (unpaired) electrons. The van der Waals surface area contributed by atoms with Crippen molar-refractivity contribution in [2.24, 2.45) is 0 Å². The fourth-order valence-electron chi connectivity index (χ4n) is 3.62. The van der Waals surface area contributed by atoms with Gasteiger partial charge in [0.15, 0.2) is 0 Å². The van der Waals surface area contributed by atoms with Crippen LogP contribution in [0.3, 0.4) is 0 Å². The third-order valence-electron chi connectivity index (χ3n) is 5.39. The predicted octanol–water partition coefficient (Wildman–Crippen LogP) is 6.57. The molecule has 0 saturated carbocycles. The molecule has 0 aliphatic rings. The zero-order valence-corrected chi connectivity index (χ0v) is 18.7. The highest BCUT2D eigenvalue weighted by Crippen LogP contribution is 2.28. The number of methoxy groups -OCH3 is 1. The molecule has 0 heterocycles. The standard InChI is InChI=1S/C27H24ClNO3/c1-18(19-10-13-23(28)14-11-19)29-27(30)21-12-15-25(31-2)22(16-21)17-32-26-9-5-7-20-6-3-4-8-24(20)26/h3-16,18H,17H2,1-2H3,(H,29,30). The van der Waals surface area contributed by atoms with Crippen LogP contribution in [0.15, 0.2) is 84.9 Å². The summed E-state index contributed by atoms with van der Waals surface area (Å²) in [6.07, 6.45) is 0. The minimum Gasteiger partial charge on any atom is -0.496 e. The van der Waals surface area contributed by atoms with Crippen molar-refractivity contribution in [3.8, 4) is 11.5 Å². The van der Waals surface area contributed by atoms with Gasteiger partial charge in [-0.05, 0) is 54.3 Å². The quantitative estimate of drug-likeness (QED) is 0.350. The molecule has 0 aliphatic carbocycles. The topological polar surface area (TPSA) is 47.6 Å². The maximum Gasteiger partial charge on any atom is 0.251 e. The molecule has 162 valence electrons. The number of nitrogens with one attached hydrogen (secondary N) is 1. The Bertz CT molecular complexity index is 1230. The molecule has 1 atom stereocenters. The molecule has 0 aliphatic heterocycles. The molecule has 1 N–H and O–H groups in total. The molecule has 0 bridgehead atoms. The Labute approximate surface area is 192 Å². The van der Waals surface area contributed by atoms with E-state index in [4.69, 9.17) is 21.1 Å². The first-order chi connectivity index (χ1) is 15.5. The summed E-state index contributed by atoms with van der Waals surface area (Å²) in [5.74, 6) is 1.30. The molecular weight excluding hydrogens is 422 g/mol. The highest BCUT2D eigenvalue weighted by atomic mass is 35.5. The zero-order valence-electron chi connectivity index (χ0n) is 18.0. The summed E-state index contributed by atoms with van der Waals surface area (Å²) in [5.41, 5.74) is 2.33. The number of ether oxygens (including phenoxy) is 2. The lowest BCUT2D eigenvalue weighted by Crippen LogP contribution is -2.26. The molecule has 5 heteroatoms. The van der Waals surface area contributed by atoms with Crippen molar-refractivity contribution in [1.29, 1.82) is 0 Å². The fourth-order valence-corrected chi connectivity index (χ4v) is 3.75. The van der Waals surface area contributed by atoms with Crippen LogP contribution in [0.2, 0.25) is 5.02 Å². The Hall–Kier alpha value is -3.50. The summed E-state index contributed by atoms with van der Waals surface area (Å²) < 4.78 is 11.6. The molecule has 0 spiro atoms. The van der Waals surface area contributed by atoms with Gasteiger partial charge in [-0.15, -0.1) is 0 Å². The highest BCUT2D eigenvalue weighted by Gasteiger charge is 2.15. The summed E-state index contributed by atoms with van der Waals surface area (Å²) in [4.78, 5) is 12.9. The van der Waals surface area contributed by atoms with Gasteiger partial charge in [0.1, 0.15) is 18.1 Å². The van der Waals surface area contributed by atoms with Gasteiger partial charge in [0.25, 0.3) is 5.91 Å². The van der Waals surface area contributed by atoms with E-state index in [9.17, 15) is 4.79 Å². The van der Waals surface area contributed by atoms with E-state index in [0.29, 0.717) is 16.3 Å². The summed E-state index contributed by atoms with van der Waals surface area (Å²) in [7, 11) is 1.61. The van der Waals surface area contributed by atoms with E-state index in [-0.39, 0.29) is 18.6 Å². The smallest absolute Gasteiger partial charge is 0.251 e. The van der Waals surface area contributed by atoms with Crippen LogP contribution in [0, 0.1) is 0 Å². The van der Waals surface area contributed by atoms with Crippen molar-refractivity contribution in [3.63, 3.8) is 0 Å². The molecule has 4 aromatic rings. The number of hydrogen-bond acceptors (Lipinski definition) is 3. The largest absolute Gasteiger partial charge is 0.496 e. The van der Waals surface area contributed by atoms with E-state index in [0.717, 1.165) is 27.6 Å². The second-order valence-electron chi connectivity index (χ2n) is 7.54. The summed E-state index contributed by atoms with van der Waals surface area (Å²) in [6, 6.07) is 26.7. The van der Waals surface area contributed by atoms with Gasteiger partial charge in [-0.2, -0.15) is 0 Å². The van der Waals surface area contributed by atoms with Gasteiger partial charge in [-0.25, -0.2) is 0 Å². The molecule has 0 aromatic heterocycles. The normalized spacial score (nSPS) is 11.7. The monoisotopic (exact) mass is 445 g/mol. The second-order valence-corrected chi connectivity index (χ2v) is 7.98. The number of carbonyl (C=O) groups excluding carboxylic acids is 1. The number of carbonyl (C=O) groups is 1. The summed E-state index contributed by atoms with van der Waals surface area (Å²) in [5, 5.41) is 5.85. The summed E-state index contributed by atoms with van der Waals surface area (Å²) >= 11 is 5.96. The Kier molecular flexibility index (Phi) is 6.62. The lowest BCUT2D eigenvalue weighted by molar-refractivity contribution is 0.0939. The Balaban J connectivity index is 1.51. The lowest BCUT2D eigenvalue weighted by atomic mass is 10.1. The summed E-state index contributed by atoms with van der Waals surface area (Å²) in [6.45, 7) is 2.22. The van der Waals surface area contributed by atoms with Crippen molar-refractivity contribution < 1.29 is 14.3 Å². The van der Waals surface area contributed by atoms with Crippen LogP contribution in [0.25, 0.3) is 10.8 Å². The SMILES string of the molecule is COc1ccc(C(=O)NC(C)c2ccc(Cl)cc2)cc1COc1cccc2ccccc12. The minimum atomic E-state index is -0.165. The highest BCUT2D eigenvalue weighted by molar-refractivity contribution is 6.30. The van der Waals surface area contributed by atoms with Crippen LogP contribution >= 0.6 is 11.6 Å². The number of fused-ring (bicyclic) bond motifs is 1. The molecule has 1 unspecified atom stereocenters. The second kappa shape index (κ2) is 9.75. The Morgan fingerprint density at radius 3 is 2.47 bits per heavy atom.